The summed E-state index contributed by atoms with van der Waals surface area (Å²) in [6, 6.07) is 11.6. The number of hydrogen-bond donors (Lipinski definition) is 0. The fourth-order valence-electron chi connectivity index (χ4n) is 2.51. The quantitative estimate of drug-likeness (QED) is 0.872. The molecule has 4 nitrogen and oxygen atoms in total. The molecule has 0 bridgehead atoms. The Labute approximate surface area is 128 Å². The van der Waals surface area contributed by atoms with Gasteiger partial charge >= 0.3 is 0 Å². The first-order chi connectivity index (χ1) is 9.95. The zero-order valence-electron chi connectivity index (χ0n) is 11.9. The summed E-state index contributed by atoms with van der Waals surface area (Å²) in [4.78, 5) is 1.03. The van der Waals surface area contributed by atoms with E-state index in [9.17, 15) is 8.42 Å². The molecule has 21 heavy (non-hydrogen) atoms. The molecule has 3 rings (SSSR count). The summed E-state index contributed by atoms with van der Waals surface area (Å²) in [6.07, 6.45) is 1.81. The van der Waals surface area contributed by atoms with Crippen molar-refractivity contribution in [1.29, 1.82) is 0 Å². The molecular formula is C15H16N2O2S2. The summed E-state index contributed by atoms with van der Waals surface area (Å²) in [7, 11) is -3.39. The average molecular weight is 320 g/mol. The van der Waals surface area contributed by atoms with Crippen LogP contribution in [-0.4, -0.2) is 24.8 Å². The lowest BCUT2D eigenvalue weighted by Gasteiger charge is -2.21. The van der Waals surface area contributed by atoms with Gasteiger partial charge < -0.3 is 0 Å². The van der Waals surface area contributed by atoms with Gasteiger partial charge in [-0.05, 0) is 23.9 Å². The van der Waals surface area contributed by atoms with E-state index in [2.05, 4.69) is 5.10 Å². The third-order valence-electron chi connectivity index (χ3n) is 3.44. The third-order valence-corrected chi connectivity index (χ3v) is 5.38. The van der Waals surface area contributed by atoms with Crippen molar-refractivity contribution in [3.8, 4) is 0 Å². The molecule has 6 heteroatoms. The third kappa shape index (κ3) is 2.87. The van der Waals surface area contributed by atoms with Crippen LogP contribution in [0.15, 0.2) is 46.9 Å². The number of thiophene rings is 1. The number of nitrogens with zero attached hydrogens (tertiary/aromatic N) is 2. The highest BCUT2D eigenvalue weighted by molar-refractivity contribution is 7.88. The second-order valence-electron chi connectivity index (χ2n) is 5.19. The van der Waals surface area contributed by atoms with Crippen LogP contribution in [-0.2, 0) is 10.0 Å². The van der Waals surface area contributed by atoms with Gasteiger partial charge in [0.2, 0.25) is 10.0 Å². The van der Waals surface area contributed by atoms with Crippen LogP contribution in [0.2, 0.25) is 0 Å². The molecule has 0 spiro atoms. The molecule has 110 valence electrons. The van der Waals surface area contributed by atoms with Gasteiger partial charge in [-0.15, -0.1) is 11.3 Å². The minimum Gasteiger partial charge on any atom is -0.205 e. The fraction of sp³-hybridized carbons (Fsp3) is 0.267. The fourth-order valence-corrected chi connectivity index (χ4v) is 4.14. The van der Waals surface area contributed by atoms with Crippen LogP contribution >= 0.6 is 11.3 Å². The van der Waals surface area contributed by atoms with Crippen LogP contribution in [0.25, 0.3) is 0 Å². The van der Waals surface area contributed by atoms with E-state index in [0.717, 1.165) is 21.7 Å². The van der Waals surface area contributed by atoms with Gasteiger partial charge in [-0.25, -0.2) is 8.42 Å². The number of benzene rings is 1. The predicted octanol–water partition coefficient (Wildman–Crippen LogP) is 3.17. The Hall–Kier alpha value is -1.66. The first-order valence-corrected chi connectivity index (χ1v) is 9.35. The maximum atomic E-state index is 12.0. The molecule has 0 N–H and O–H groups in total. The molecule has 1 aliphatic heterocycles. The smallest absolute Gasteiger partial charge is 0.205 e. The summed E-state index contributed by atoms with van der Waals surface area (Å²) in [6.45, 7) is 2.00. The standard InChI is InChI=1S/C15H16N2O2S2/c1-11-5-3-6-12(9-11)14-10-13(15-7-4-8-20-15)16-17(14)21(2,18)19/h3-9,14H,10H2,1-2H3/t14-/m1/s1. The molecular weight excluding hydrogens is 304 g/mol. The van der Waals surface area contributed by atoms with Crippen LogP contribution in [0.1, 0.15) is 28.5 Å². The molecule has 1 atom stereocenters. The van der Waals surface area contributed by atoms with Gasteiger partial charge in [-0.3, -0.25) is 0 Å². The normalized spacial score (nSPS) is 18.9. The lowest BCUT2D eigenvalue weighted by Crippen LogP contribution is -2.25. The Bertz CT molecular complexity index is 780. The van der Waals surface area contributed by atoms with Crippen LogP contribution in [0.4, 0.5) is 0 Å². The van der Waals surface area contributed by atoms with Crippen molar-refractivity contribution < 1.29 is 8.42 Å². The van der Waals surface area contributed by atoms with Crippen LogP contribution in [0.5, 0.6) is 0 Å². The van der Waals surface area contributed by atoms with Gasteiger partial charge in [-0.2, -0.15) is 9.52 Å². The second kappa shape index (κ2) is 5.27. The van der Waals surface area contributed by atoms with Crippen LogP contribution in [0.3, 0.4) is 0 Å². The summed E-state index contributed by atoms with van der Waals surface area (Å²) in [5.74, 6) is 0. The van der Waals surface area contributed by atoms with Crippen LogP contribution < -0.4 is 0 Å². The van der Waals surface area contributed by atoms with E-state index in [4.69, 9.17) is 0 Å². The SMILES string of the molecule is Cc1cccc([C@H]2CC(c3cccs3)=NN2S(C)(=O)=O)c1. The van der Waals surface area contributed by atoms with Crippen molar-refractivity contribution in [2.75, 3.05) is 6.26 Å². The lowest BCUT2D eigenvalue weighted by atomic mass is 10.0. The van der Waals surface area contributed by atoms with E-state index in [-0.39, 0.29) is 6.04 Å². The Kier molecular flexibility index (Phi) is 3.59. The largest absolute Gasteiger partial charge is 0.247 e. The van der Waals surface area contributed by atoms with Gasteiger partial charge in [-0.1, -0.05) is 35.9 Å². The zero-order chi connectivity index (χ0) is 15.0. The topological polar surface area (TPSA) is 49.7 Å². The summed E-state index contributed by atoms with van der Waals surface area (Å²) in [5, 5.41) is 6.34. The Morgan fingerprint density at radius 2 is 2.10 bits per heavy atom. The molecule has 0 radical (unpaired) electrons. The molecule has 0 fully saturated rings. The van der Waals surface area contributed by atoms with Crippen molar-refractivity contribution in [2.45, 2.75) is 19.4 Å². The van der Waals surface area contributed by atoms with Crippen molar-refractivity contribution in [3.05, 3.63) is 57.8 Å². The van der Waals surface area contributed by atoms with E-state index in [0.29, 0.717) is 6.42 Å². The molecule has 0 aliphatic carbocycles. The predicted molar refractivity (Wildman–Crippen MR) is 86.1 cm³/mol. The molecule has 2 aromatic rings. The maximum Gasteiger partial charge on any atom is 0.247 e. The molecule has 0 unspecified atom stereocenters. The number of hydrogen-bond acceptors (Lipinski definition) is 4. The van der Waals surface area contributed by atoms with Gasteiger partial charge in [0.15, 0.2) is 0 Å². The van der Waals surface area contributed by atoms with E-state index < -0.39 is 10.0 Å². The van der Waals surface area contributed by atoms with Gasteiger partial charge in [0.1, 0.15) is 0 Å². The van der Waals surface area contributed by atoms with E-state index in [1.54, 1.807) is 11.3 Å². The lowest BCUT2D eigenvalue weighted by molar-refractivity contribution is 0.374. The summed E-state index contributed by atoms with van der Waals surface area (Å²) in [5.41, 5.74) is 2.93. The monoisotopic (exact) mass is 320 g/mol. The summed E-state index contributed by atoms with van der Waals surface area (Å²) >= 11 is 1.58. The second-order valence-corrected chi connectivity index (χ2v) is 7.98. The molecule has 0 saturated carbocycles. The Balaban J connectivity index is 2.02. The van der Waals surface area contributed by atoms with Crippen LogP contribution in [0, 0.1) is 6.92 Å². The molecule has 0 amide bonds. The number of rotatable bonds is 3. The highest BCUT2D eigenvalue weighted by atomic mass is 32.2. The zero-order valence-corrected chi connectivity index (χ0v) is 13.5. The Morgan fingerprint density at radius 1 is 1.29 bits per heavy atom. The van der Waals surface area contributed by atoms with Crippen molar-refractivity contribution in [1.82, 2.24) is 4.41 Å². The van der Waals surface area contributed by atoms with E-state index in [1.807, 2.05) is 48.7 Å². The first kappa shape index (κ1) is 14.3. The van der Waals surface area contributed by atoms with Crippen molar-refractivity contribution >= 4 is 27.1 Å². The molecule has 1 aromatic heterocycles. The Morgan fingerprint density at radius 3 is 2.71 bits per heavy atom. The minimum absolute atomic E-state index is 0.253. The van der Waals surface area contributed by atoms with E-state index in [1.165, 1.54) is 10.7 Å². The summed E-state index contributed by atoms with van der Waals surface area (Å²) < 4.78 is 25.3. The molecule has 1 aromatic carbocycles. The molecule has 1 aliphatic rings. The molecule has 0 saturated heterocycles. The van der Waals surface area contributed by atoms with Gasteiger partial charge in [0.05, 0.1) is 22.9 Å². The van der Waals surface area contributed by atoms with E-state index >= 15 is 0 Å². The molecule has 2 heterocycles. The number of sulfonamides is 1. The highest BCUT2D eigenvalue weighted by Crippen LogP contribution is 2.35. The first-order valence-electron chi connectivity index (χ1n) is 6.62. The highest BCUT2D eigenvalue weighted by Gasteiger charge is 2.34. The maximum absolute atomic E-state index is 12.0. The minimum atomic E-state index is -3.39. The van der Waals surface area contributed by atoms with Gasteiger partial charge in [0.25, 0.3) is 0 Å². The van der Waals surface area contributed by atoms with Crippen molar-refractivity contribution in [3.63, 3.8) is 0 Å². The number of hydrazone groups is 1. The van der Waals surface area contributed by atoms with Crippen molar-refractivity contribution in [2.24, 2.45) is 5.10 Å². The number of aryl methyl sites for hydroxylation is 1. The van der Waals surface area contributed by atoms with Gasteiger partial charge in [0, 0.05) is 6.42 Å². The average Bonchev–Trinajstić information content (AvgIpc) is 3.07.